The van der Waals surface area contributed by atoms with Gasteiger partial charge in [-0.25, -0.2) is 13.1 Å². The summed E-state index contributed by atoms with van der Waals surface area (Å²) in [7, 11) is -3.35. The van der Waals surface area contributed by atoms with Gasteiger partial charge in [0.1, 0.15) is 5.21 Å². The number of sulfonamides is 1. The van der Waals surface area contributed by atoms with E-state index in [2.05, 4.69) is 4.72 Å². The molecule has 0 bridgehead atoms. The lowest BCUT2D eigenvalue weighted by Gasteiger charge is -2.25. The fraction of sp³-hybridized carbons (Fsp3) is 0.455. The molecule has 0 aliphatic carbocycles. The topological polar surface area (TPSA) is 46.2 Å². The molecule has 0 aliphatic heterocycles. The zero-order chi connectivity index (χ0) is 12.2. The van der Waals surface area contributed by atoms with E-state index in [4.69, 9.17) is 11.6 Å². The van der Waals surface area contributed by atoms with Gasteiger partial charge in [-0.05, 0) is 5.56 Å². The number of rotatable bonds is 5. The second-order valence-corrected chi connectivity index (χ2v) is 6.69. The van der Waals surface area contributed by atoms with Gasteiger partial charge in [0, 0.05) is 12.0 Å². The number of hydrogen-bond acceptors (Lipinski definition) is 2. The first-order valence-corrected chi connectivity index (χ1v) is 7.15. The summed E-state index contributed by atoms with van der Waals surface area (Å²) in [4.78, 5) is 0. The summed E-state index contributed by atoms with van der Waals surface area (Å²) in [5.74, 6) is 0. The van der Waals surface area contributed by atoms with Crippen LogP contribution in [0.5, 0.6) is 0 Å². The van der Waals surface area contributed by atoms with Gasteiger partial charge in [-0.2, -0.15) is 0 Å². The van der Waals surface area contributed by atoms with Crippen LogP contribution < -0.4 is 4.72 Å². The molecular weight excluding hydrogens is 246 g/mol. The third-order valence-corrected chi connectivity index (χ3v) is 4.17. The lowest BCUT2D eigenvalue weighted by Crippen LogP contribution is -2.37. The third kappa shape index (κ3) is 3.77. The lowest BCUT2D eigenvalue weighted by molar-refractivity contribution is 0.503. The van der Waals surface area contributed by atoms with Crippen molar-refractivity contribution in [2.75, 3.05) is 11.8 Å². The van der Waals surface area contributed by atoms with Crippen molar-refractivity contribution >= 4 is 21.6 Å². The molecule has 0 radical (unpaired) electrons. The zero-order valence-electron chi connectivity index (χ0n) is 9.40. The molecule has 0 aliphatic rings. The normalized spacial score (nSPS) is 12.7. The molecule has 16 heavy (non-hydrogen) atoms. The van der Waals surface area contributed by atoms with Crippen molar-refractivity contribution in [2.24, 2.45) is 0 Å². The van der Waals surface area contributed by atoms with E-state index >= 15 is 0 Å². The highest BCUT2D eigenvalue weighted by Crippen LogP contribution is 2.21. The van der Waals surface area contributed by atoms with Gasteiger partial charge in [0.2, 0.25) is 10.0 Å². The van der Waals surface area contributed by atoms with Crippen molar-refractivity contribution in [3.05, 3.63) is 35.9 Å². The second kappa shape index (κ2) is 5.17. The highest BCUT2D eigenvalue weighted by molar-refractivity contribution is 7.90. The molecule has 0 saturated heterocycles. The van der Waals surface area contributed by atoms with Gasteiger partial charge in [0.05, 0.1) is 0 Å². The van der Waals surface area contributed by atoms with Crippen molar-refractivity contribution in [3.63, 3.8) is 0 Å². The molecule has 1 aromatic carbocycles. The highest BCUT2D eigenvalue weighted by atomic mass is 35.5. The van der Waals surface area contributed by atoms with Crippen LogP contribution in [0, 0.1) is 0 Å². The molecule has 0 amide bonds. The Morgan fingerprint density at radius 1 is 1.25 bits per heavy atom. The van der Waals surface area contributed by atoms with Crippen molar-refractivity contribution in [1.29, 1.82) is 0 Å². The van der Waals surface area contributed by atoms with Gasteiger partial charge < -0.3 is 0 Å². The fourth-order valence-corrected chi connectivity index (χ4v) is 2.21. The van der Waals surface area contributed by atoms with E-state index in [0.717, 1.165) is 5.56 Å². The van der Waals surface area contributed by atoms with E-state index in [-0.39, 0.29) is 5.41 Å². The summed E-state index contributed by atoms with van der Waals surface area (Å²) < 4.78 is 25.0. The standard InChI is InChI=1S/C11H16ClNO2S/c1-11(2,8-13-16(14,15)9-12)10-6-4-3-5-7-10/h3-7,13H,8-9H2,1-2H3. The maximum absolute atomic E-state index is 11.2. The van der Waals surface area contributed by atoms with Crippen LogP contribution in [-0.2, 0) is 15.4 Å². The minimum absolute atomic E-state index is 0.250. The Labute approximate surface area is 102 Å². The van der Waals surface area contributed by atoms with Gasteiger partial charge >= 0.3 is 0 Å². The summed E-state index contributed by atoms with van der Waals surface area (Å²) in [6.07, 6.45) is 0. The minimum atomic E-state index is -3.35. The average Bonchev–Trinajstić information content (AvgIpc) is 2.28. The van der Waals surface area contributed by atoms with Crippen LogP contribution in [0.1, 0.15) is 19.4 Å². The minimum Gasteiger partial charge on any atom is -0.213 e. The van der Waals surface area contributed by atoms with E-state index < -0.39 is 15.2 Å². The van der Waals surface area contributed by atoms with Crippen LogP contribution in [0.25, 0.3) is 0 Å². The molecule has 0 fully saturated rings. The molecule has 90 valence electrons. The first-order valence-electron chi connectivity index (χ1n) is 4.96. The van der Waals surface area contributed by atoms with Crippen LogP contribution in [0.2, 0.25) is 0 Å². The second-order valence-electron chi connectivity index (χ2n) is 4.29. The van der Waals surface area contributed by atoms with E-state index in [1.165, 1.54) is 0 Å². The zero-order valence-corrected chi connectivity index (χ0v) is 11.0. The first-order chi connectivity index (χ1) is 7.37. The molecule has 0 atom stereocenters. The fourth-order valence-electron chi connectivity index (χ4n) is 1.32. The number of nitrogens with one attached hydrogen (secondary N) is 1. The Balaban J connectivity index is 2.74. The molecule has 0 spiro atoms. The smallest absolute Gasteiger partial charge is 0.213 e. The predicted octanol–water partition coefficient (Wildman–Crippen LogP) is 2.08. The van der Waals surface area contributed by atoms with Crippen molar-refractivity contribution in [1.82, 2.24) is 4.72 Å². The van der Waals surface area contributed by atoms with Gasteiger partial charge in [-0.15, -0.1) is 11.6 Å². The molecular formula is C11H16ClNO2S. The number of benzene rings is 1. The van der Waals surface area contributed by atoms with Crippen molar-refractivity contribution < 1.29 is 8.42 Å². The molecule has 0 heterocycles. The van der Waals surface area contributed by atoms with Gasteiger partial charge in [-0.1, -0.05) is 44.2 Å². The Kier molecular flexibility index (Phi) is 4.35. The summed E-state index contributed by atoms with van der Waals surface area (Å²) in [6, 6.07) is 9.77. The van der Waals surface area contributed by atoms with Gasteiger partial charge in [0.15, 0.2) is 0 Å². The van der Waals surface area contributed by atoms with Gasteiger partial charge in [-0.3, -0.25) is 0 Å². The van der Waals surface area contributed by atoms with Crippen molar-refractivity contribution in [2.45, 2.75) is 19.3 Å². The average molecular weight is 262 g/mol. The third-order valence-electron chi connectivity index (χ3n) is 2.43. The number of hydrogen-bond donors (Lipinski definition) is 1. The predicted molar refractivity (Wildman–Crippen MR) is 67.1 cm³/mol. The van der Waals surface area contributed by atoms with E-state index in [0.29, 0.717) is 6.54 Å². The van der Waals surface area contributed by atoms with E-state index in [1.807, 2.05) is 44.2 Å². The SMILES string of the molecule is CC(C)(CNS(=O)(=O)CCl)c1ccccc1. The van der Waals surface area contributed by atoms with Crippen LogP contribution >= 0.6 is 11.6 Å². The summed E-state index contributed by atoms with van der Waals surface area (Å²) in [5.41, 5.74) is 0.840. The maximum atomic E-state index is 11.2. The lowest BCUT2D eigenvalue weighted by atomic mass is 9.85. The van der Waals surface area contributed by atoms with Crippen LogP contribution in [0.15, 0.2) is 30.3 Å². The van der Waals surface area contributed by atoms with Gasteiger partial charge in [0.25, 0.3) is 0 Å². The Morgan fingerprint density at radius 3 is 2.31 bits per heavy atom. The molecule has 0 aromatic heterocycles. The number of halogens is 1. The largest absolute Gasteiger partial charge is 0.225 e. The summed E-state index contributed by atoms with van der Waals surface area (Å²) >= 11 is 5.32. The van der Waals surface area contributed by atoms with E-state index in [9.17, 15) is 8.42 Å². The molecule has 0 saturated carbocycles. The molecule has 1 rings (SSSR count). The Bertz CT molecular complexity index is 429. The van der Waals surface area contributed by atoms with E-state index in [1.54, 1.807) is 0 Å². The quantitative estimate of drug-likeness (QED) is 0.825. The molecule has 1 N–H and O–H groups in total. The highest BCUT2D eigenvalue weighted by Gasteiger charge is 2.22. The van der Waals surface area contributed by atoms with Crippen LogP contribution in [0.4, 0.5) is 0 Å². The first kappa shape index (κ1) is 13.5. The molecule has 0 unspecified atom stereocenters. The summed E-state index contributed by atoms with van der Waals surface area (Å²) in [6.45, 7) is 4.31. The summed E-state index contributed by atoms with van der Waals surface area (Å²) in [5, 5.41) is -0.405. The Morgan fingerprint density at radius 2 is 1.81 bits per heavy atom. The maximum Gasteiger partial charge on any atom is 0.225 e. The molecule has 5 heteroatoms. The van der Waals surface area contributed by atoms with Crippen LogP contribution in [-0.4, -0.2) is 20.2 Å². The van der Waals surface area contributed by atoms with Crippen molar-refractivity contribution in [3.8, 4) is 0 Å². The monoisotopic (exact) mass is 261 g/mol. The number of alkyl halides is 1. The van der Waals surface area contributed by atoms with Crippen LogP contribution in [0.3, 0.4) is 0 Å². The molecule has 1 aromatic rings. The molecule has 3 nitrogen and oxygen atoms in total. The Hall–Kier alpha value is -0.580.